The molecule has 1 aliphatic heterocycles. The summed E-state index contributed by atoms with van der Waals surface area (Å²) in [6.07, 6.45) is 1.60. The van der Waals surface area contributed by atoms with Gasteiger partial charge in [0.2, 0.25) is 0 Å². The Morgan fingerprint density at radius 3 is 3.00 bits per heavy atom. The molecule has 0 aliphatic carbocycles. The maximum absolute atomic E-state index is 12.1. The molecule has 1 atom stereocenters. The number of carbonyl (C=O) groups excluding carboxylic acids is 1. The molecule has 2 N–H and O–H groups in total. The van der Waals surface area contributed by atoms with Gasteiger partial charge in [-0.15, -0.1) is 0 Å². The first-order valence-corrected chi connectivity index (χ1v) is 8.30. The second kappa shape index (κ2) is 7.00. The maximum atomic E-state index is 12.1. The Morgan fingerprint density at radius 2 is 2.26 bits per heavy atom. The van der Waals surface area contributed by atoms with Crippen LogP contribution in [0.15, 0.2) is 24.3 Å². The van der Waals surface area contributed by atoms with Gasteiger partial charge >= 0.3 is 6.03 Å². The van der Waals surface area contributed by atoms with Gasteiger partial charge in [0.15, 0.2) is 0 Å². The molecule has 1 saturated heterocycles. The lowest BCUT2D eigenvalue weighted by Crippen LogP contribution is -2.39. The summed E-state index contributed by atoms with van der Waals surface area (Å²) in [6.45, 7) is 5.08. The number of para-hydroxylation sites is 2. The highest BCUT2D eigenvalue weighted by atomic mass is 16.3. The molecule has 124 valence electrons. The van der Waals surface area contributed by atoms with Crippen molar-refractivity contribution >= 4 is 17.1 Å². The Bertz CT molecular complexity index is 682. The van der Waals surface area contributed by atoms with Crippen LogP contribution in [-0.4, -0.2) is 51.8 Å². The molecule has 0 saturated carbocycles. The first kappa shape index (κ1) is 15.8. The van der Waals surface area contributed by atoms with Gasteiger partial charge in [-0.2, -0.15) is 0 Å². The lowest BCUT2D eigenvalue weighted by atomic mass is 10.1. The van der Waals surface area contributed by atoms with Crippen LogP contribution in [0.2, 0.25) is 0 Å². The van der Waals surface area contributed by atoms with E-state index >= 15 is 0 Å². The normalized spacial score (nSPS) is 17.8. The van der Waals surface area contributed by atoms with E-state index in [1.165, 1.54) is 0 Å². The monoisotopic (exact) mass is 316 g/mol. The van der Waals surface area contributed by atoms with Crippen LogP contribution in [0.4, 0.5) is 4.79 Å². The van der Waals surface area contributed by atoms with Gasteiger partial charge in [-0.25, -0.2) is 9.78 Å². The number of nitrogens with one attached hydrogen (secondary N) is 1. The molecule has 0 bridgehead atoms. The number of rotatable bonds is 5. The largest absolute Gasteiger partial charge is 0.396 e. The highest BCUT2D eigenvalue weighted by Gasteiger charge is 2.25. The molecule has 23 heavy (non-hydrogen) atoms. The number of fused-ring (bicyclic) bond motifs is 1. The highest BCUT2D eigenvalue weighted by molar-refractivity contribution is 5.76. The number of aliphatic hydroxyl groups is 1. The second-order valence-corrected chi connectivity index (χ2v) is 6.03. The van der Waals surface area contributed by atoms with E-state index in [1.807, 2.05) is 18.2 Å². The molecule has 0 radical (unpaired) electrons. The van der Waals surface area contributed by atoms with Crippen LogP contribution in [0.25, 0.3) is 11.0 Å². The molecule has 2 heterocycles. The molecule has 2 aromatic rings. The number of likely N-dealkylation sites (tertiary alicyclic amines) is 1. The zero-order chi connectivity index (χ0) is 16.2. The van der Waals surface area contributed by atoms with Crippen LogP contribution < -0.4 is 5.32 Å². The van der Waals surface area contributed by atoms with Gasteiger partial charge in [0, 0.05) is 45.1 Å². The summed E-state index contributed by atoms with van der Waals surface area (Å²) in [4.78, 5) is 18.6. The summed E-state index contributed by atoms with van der Waals surface area (Å²) < 4.78 is 2.19. The molecule has 1 aliphatic rings. The Hall–Kier alpha value is -2.08. The number of imidazole rings is 1. The lowest BCUT2D eigenvalue weighted by Gasteiger charge is -2.17. The Balaban J connectivity index is 1.57. The summed E-state index contributed by atoms with van der Waals surface area (Å²) in [5, 5.41) is 12.1. The fourth-order valence-corrected chi connectivity index (χ4v) is 3.23. The summed E-state index contributed by atoms with van der Waals surface area (Å²) in [5.41, 5.74) is 2.14. The standard InChI is InChI=1S/C17H24N4O2/c1-2-21-15-6-4-3-5-14(15)19-16(21)7-9-18-17(23)20-10-8-13(11-20)12-22/h3-6,13,22H,2,7-12H2,1H3,(H,18,23). The Kier molecular flexibility index (Phi) is 4.81. The predicted octanol–water partition coefficient (Wildman–Crippen LogP) is 1.62. The minimum atomic E-state index is -0.0416. The molecular formula is C17H24N4O2. The van der Waals surface area contributed by atoms with E-state index in [9.17, 15) is 4.79 Å². The second-order valence-electron chi connectivity index (χ2n) is 6.03. The number of aromatic nitrogens is 2. The number of carbonyl (C=O) groups is 1. The fraction of sp³-hybridized carbons (Fsp3) is 0.529. The van der Waals surface area contributed by atoms with Gasteiger partial charge in [-0.1, -0.05) is 12.1 Å². The number of amides is 2. The van der Waals surface area contributed by atoms with Crippen LogP contribution >= 0.6 is 0 Å². The van der Waals surface area contributed by atoms with E-state index in [0.717, 1.165) is 36.4 Å². The van der Waals surface area contributed by atoms with E-state index in [0.29, 0.717) is 19.5 Å². The number of aliphatic hydroxyl groups excluding tert-OH is 1. The minimum Gasteiger partial charge on any atom is -0.396 e. The number of aryl methyl sites for hydroxylation is 1. The third-order valence-corrected chi connectivity index (χ3v) is 4.51. The molecule has 1 aromatic carbocycles. The van der Waals surface area contributed by atoms with Gasteiger partial charge < -0.3 is 19.9 Å². The Labute approximate surface area is 136 Å². The number of nitrogens with zero attached hydrogens (tertiary/aromatic N) is 3. The van der Waals surface area contributed by atoms with Gasteiger partial charge in [-0.3, -0.25) is 0 Å². The van der Waals surface area contributed by atoms with Crippen molar-refractivity contribution in [2.24, 2.45) is 5.92 Å². The summed E-state index contributed by atoms with van der Waals surface area (Å²) >= 11 is 0. The first-order valence-electron chi connectivity index (χ1n) is 8.30. The van der Waals surface area contributed by atoms with Crippen LogP contribution in [0.3, 0.4) is 0 Å². The Morgan fingerprint density at radius 1 is 1.43 bits per heavy atom. The smallest absolute Gasteiger partial charge is 0.317 e. The molecular weight excluding hydrogens is 292 g/mol. The van der Waals surface area contributed by atoms with Gasteiger partial charge in [-0.05, 0) is 25.5 Å². The van der Waals surface area contributed by atoms with E-state index < -0.39 is 0 Å². The number of hydrogen-bond donors (Lipinski definition) is 2. The van der Waals surface area contributed by atoms with Crippen LogP contribution in [0, 0.1) is 5.92 Å². The molecule has 1 aromatic heterocycles. The van der Waals surface area contributed by atoms with E-state index in [4.69, 9.17) is 5.11 Å². The van der Waals surface area contributed by atoms with Crippen LogP contribution in [0.1, 0.15) is 19.2 Å². The number of benzene rings is 1. The SMILES string of the molecule is CCn1c(CCNC(=O)N2CCC(CO)C2)nc2ccccc21. The van der Waals surface area contributed by atoms with Gasteiger partial charge in [0.1, 0.15) is 5.82 Å². The van der Waals surface area contributed by atoms with E-state index in [2.05, 4.69) is 27.9 Å². The van der Waals surface area contributed by atoms with Crippen molar-refractivity contribution in [1.29, 1.82) is 0 Å². The maximum Gasteiger partial charge on any atom is 0.317 e. The molecule has 0 spiro atoms. The lowest BCUT2D eigenvalue weighted by molar-refractivity contribution is 0.198. The fourth-order valence-electron chi connectivity index (χ4n) is 3.23. The van der Waals surface area contributed by atoms with Gasteiger partial charge in [0.25, 0.3) is 0 Å². The quantitative estimate of drug-likeness (QED) is 0.880. The van der Waals surface area contributed by atoms with Crippen molar-refractivity contribution in [3.63, 3.8) is 0 Å². The zero-order valence-electron chi connectivity index (χ0n) is 13.5. The van der Waals surface area contributed by atoms with E-state index in [1.54, 1.807) is 4.90 Å². The van der Waals surface area contributed by atoms with Crippen LogP contribution in [-0.2, 0) is 13.0 Å². The van der Waals surface area contributed by atoms with E-state index in [-0.39, 0.29) is 18.6 Å². The molecule has 1 fully saturated rings. The summed E-state index contributed by atoms with van der Waals surface area (Å²) in [7, 11) is 0. The number of hydrogen-bond acceptors (Lipinski definition) is 3. The summed E-state index contributed by atoms with van der Waals surface area (Å²) in [6, 6.07) is 8.06. The highest BCUT2D eigenvalue weighted by Crippen LogP contribution is 2.17. The van der Waals surface area contributed by atoms with Crippen LogP contribution in [0.5, 0.6) is 0 Å². The topological polar surface area (TPSA) is 70.4 Å². The van der Waals surface area contributed by atoms with Crippen molar-refractivity contribution in [2.45, 2.75) is 26.3 Å². The zero-order valence-corrected chi connectivity index (χ0v) is 13.5. The van der Waals surface area contributed by atoms with Crippen molar-refractivity contribution in [3.8, 4) is 0 Å². The first-order chi connectivity index (χ1) is 11.2. The third-order valence-electron chi connectivity index (χ3n) is 4.51. The average Bonchev–Trinajstić information content (AvgIpc) is 3.18. The van der Waals surface area contributed by atoms with Crippen molar-refractivity contribution < 1.29 is 9.90 Å². The van der Waals surface area contributed by atoms with Gasteiger partial charge in [0.05, 0.1) is 11.0 Å². The molecule has 6 heteroatoms. The van der Waals surface area contributed by atoms with Crippen molar-refractivity contribution in [2.75, 3.05) is 26.2 Å². The molecule has 1 unspecified atom stereocenters. The van der Waals surface area contributed by atoms with Crippen molar-refractivity contribution in [1.82, 2.24) is 19.8 Å². The predicted molar refractivity (Wildman–Crippen MR) is 89.3 cm³/mol. The average molecular weight is 316 g/mol. The molecule has 6 nitrogen and oxygen atoms in total. The van der Waals surface area contributed by atoms with Crippen molar-refractivity contribution in [3.05, 3.63) is 30.1 Å². The molecule has 2 amide bonds. The summed E-state index contributed by atoms with van der Waals surface area (Å²) in [5.74, 6) is 1.23. The minimum absolute atomic E-state index is 0.0416. The number of urea groups is 1. The third kappa shape index (κ3) is 3.32. The molecule has 3 rings (SSSR count).